The molecule has 1 amide bonds. The Morgan fingerprint density at radius 1 is 1.06 bits per heavy atom. The van der Waals surface area contributed by atoms with Crippen molar-refractivity contribution in [2.45, 2.75) is 12.1 Å². The van der Waals surface area contributed by atoms with Gasteiger partial charge in [-0.2, -0.15) is 22.0 Å². The molecule has 1 saturated heterocycles. The summed E-state index contributed by atoms with van der Waals surface area (Å²) in [5.74, 6) is -7.70. The molecule has 1 fully saturated rings. The smallest absolute Gasteiger partial charge is 0.304 e. The fourth-order valence-corrected chi connectivity index (χ4v) is 1.26. The van der Waals surface area contributed by atoms with Gasteiger partial charge in [0.05, 0.1) is 0 Å². The largest absolute Gasteiger partial charge is 0.463 e. The Morgan fingerprint density at radius 2 is 1.53 bits per heavy atom. The van der Waals surface area contributed by atoms with Gasteiger partial charge in [-0.15, -0.1) is 0 Å². The molecule has 0 saturated carbocycles. The van der Waals surface area contributed by atoms with Gasteiger partial charge in [0.25, 0.3) is 0 Å². The topological polar surface area (TPSA) is 35.6 Å². The van der Waals surface area contributed by atoms with Crippen LogP contribution in [0.5, 0.6) is 0 Å². The van der Waals surface area contributed by atoms with E-state index in [0.29, 0.717) is 13.1 Å². The maximum atomic E-state index is 12.6. The van der Waals surface area contributed by atoms with Crippen molar-refractivity contribution in [3.05, 3.63) is 0 Å². The van der Waals surface area contributed by atoms with Crippen molar-refractivity contribution in [3.63, 3.8) is 0 Å². The summed E-state index contributed by atoms with van der Waals surface area (Å²) in [4.78, 5) is 12.7. The third kappa shape index (κ3) is 3.25. The Kier molecular flexibility index (Phi) is 3.92. The lowest BCUT2D eigenvalue weighted by molar-refractivity contribution is -0.271. The van der Waals surface area contributed by atoms with Crippen molar-refractivity contribution in [1.29, 1.82) is 0 Å². The molecule has 17 heavy (non-hydrogen) atoms. The van der Waals surface area contributed by atoms with Gasteiger partial charge in [-0.25, -0.2) is 5.01 Å². The molecule has 0 aromatic carbocycles. The highest BCUT2D eigenvalue weighted by Crippen LogP contribution is 2.35. The minimum absolute atomic E-state index is 0.205. The van der Waals surface area contributed by atoms with Crippen LogP contribution in [-0.4, -0.2) is 61.1 Å². The fourth-order valence-electron chi connectivity index (χ4n) is 1.26. The van der Waals surface area contributed by atoms with Gasteiger partial charge < -0.3 is 4.90 Å². The molecule has 0 aliphatic carbocycles. The molecule has 0 unspecified atom stereocenters. The zero-order valence-corrected chi connectivity index (χ0v) is 9.02. The lowest BCUT2D eigenvalue weighted by Gasteiger charge is -2.33. The lowest BCUT2D eigenvalue weighted by Crippen LogP contribution is -2.59. The Labute approximate surface area is 94.3 Å². The molecule has 4 nitrogen and oxygen atoms in total. The first kappa shape index (κ1) is 14.1. The van der Waals surface area contributed by atoms with E-state index in [1.54, 1.807) is 12.5 Å². The first-order valence-corrected chi connectivity index (χ1v) is 4.83. The number of nitrogens with zero attached hydrogens (tertiary/aromatic N) is 2. The van der Waals surface area contributed by atoms with Crippen LogP contribution in [-0.2, 0) is 4.79 Å². The number of carbonyl (C=O) groups is 1. The minimum Gasteiger partial charge on any atom is -0.304 e. The predicted octanol–water partition coefficient (Wildman–Crippen LogP) is 0.463. The predicted molar refractivity (Wildman–Crippen MR) is 48.2 cm³/mol. The normalized spacial score (nSPS) is 20.4. The maximum Gasteiger partial charge on any atom is 0.463 e. The van der Waals surface area contributed by atoms with Gasteiger partial charge in [0.1, 0.15) is 0 Å². The number of rotatable bonds is 2. The van der Waals surface area contributed by atoms with Crippen LogP contribution in [0.4, 0.5) is 22.0 Å². The Hall–Kier alpha value is -0.960. The van der Waals surface area contributed by atoms with E-state index < -0.39 is 18.0 Å². The first-order chi connectivity index (χ1) is 7.64. The average molecular weight is 261 g/mol. The van der Waals surface area contributed by atoms with Crippen LogP contribution in [0, 0.1) is 0 Å². The number of alkyl halides is 5. The van der Waals surface area contributed by atoms with Crippen LogP contribution in [0.15, 0.2) is 0 Å². The third-order valence-electron chi connectivity index (χ3n) is 2.40. The molecule has 1 heterocycles. The molecular weight excluding hydrogens is 249 g/mol. The van der Waals surface area contributed by atoms with Crippen LogP contribution in [0.25, 0.3) is 0 Å². The highest BCUT2D eigenvalue weighted by molar-refractivity contribution is 5.83. The fraction of sp³-hybridized carbons (Fsp3) is 0.875. The molecule has 1 rings (SSSR count). The Morgan fingerprint density at radius 3 is 1.94 bits per heavy atom. The molecule has 100 valence electrons. The van der Waals surface area contributed by atoms with E-state index in [1.165, 1.54) is 0 Å². The molecule has 1 aliphatic rings. The number of carbonyl (C=O) groups excluding carboxylic acids is 1. The highest BCUT2D eigenvalue weighted by atomic mass is 19.4. The quantitative estimate of drug-likeness (QED) is 0.734. The van der Waals surface area contributed by atoms with Crippen LogP contribution in [0.1, 0.15) is 0 Å². The minimum atomic E-state index is -5.87. The summed E-state index contributed by atoms with van der Waals surface area (Å²) in [5, 5.41) is 1.06. The second kappa shape index (κ2) is 4.73. The van der Waals surface area contributed by atoms with Gasteiger partial charge in [0, 0.05) is 26.2 Å². The first-order valence-electron chi connectivity index (χ1n) is 4.83. The monoisotopic (exact) mass is 261 g/mol. The number of piperazine rings is 1. The van der Waals surface area contributed by atoms with Crippen LogP contribution < -0.4 is 5.43 Å². The van der Waals surface area contributed by atoms with E-state index in [0.717, 1.165) is 5.01 Å². The van der Waals surface area contributed by atoms with E-state index in [4.69, 9.17) is 0 Å². The standard InChI is InChI=1S/C8H12F5N3O/c1-15-2-4-16(5-3-15)14-6(17)7(9,10)8(11,12)13/h2-5H2,1H3,(H,14,17). The summed E-state index contributed by atoms with van der Waals surface area (Å²) in [5.41, 5.74) is 1.58. The molecule has 0 spiro atoms. The highest BCUT2D eigenvalue weighted by Gasteiger charge is 2.63. The lowest BCUT2D eigenvalue weighted by atomic mass is 10.3. The number of halogens is 5. The van der Waals surface area contributed by atoms with E-state index in [1.807, 2.05) is 4.90 Å². The third-order valence-corrected chi connectivity index (χ3v) is 2.40. The summed E-state index contributed by atoms with van der Waals surface area (Å²) >= 11 is 0. The Balaban J connectivity index is 2.55. The van der Waals surface area contributed by atoms with Crippen molar-refractivity contribution in [3.8, 4) is 0 Å². The van der Waals surface area contributed by atoms with Crippen molar-refractivity contribution in [2.24, 2.45) is 0 Å². The molecule has 0 aromatic heterocycles. The molecule has 1 aliphatic heterocycles. The van der Waals surface area contributed by atoms with Crippen molar-refractivity contribution in [2.75, 3.05) is 33.2 Å². The number of hydrogen-bond donors (Lipinski definition) is 1. The van der Waals surface area contributed by atoms with E-state index in [2.05, 4.69) is 0 Å². The number of amides is 1. The van der Waals surface area contributed by atoms with Gasteiger partial charge in [0.2, 0.25) is 0 Å². The second-order valence-electron chi connectivity index (χ2n) is 3.80. The van der Waals surface area contributed by atoms with Crippen LogP contribution in [0.3, 0.4) is 0 Å². The zero-order valence-electron chi connectivity index (χ0n) is 9.02. The number of hydrogen-bond acceptors (Lipinski definition) is 3. The van der Waals surface area contributed by atoms with Gasteiger partial charge in [-0.05, 0) is 7.05 Å². The molecule has 9 heteroatoms. The summed E-state index contributed by atoms with van der Waals surface area (Å²) in [6.07, 6.45) is -5.87. The SMILES string of the molecule is CN1CCN(NC(=O)C(F)(F)C(F)(F)F)CC1. The Bertz CT molecular complexity index is 285. The number of nitrogens with one attached hydrogen (secondary N) is 1. The maximum absolute atomic E-state index is 12.6. The molecule has 0 atom stereocenters. The summed E-state index contributed by atoms with van der Waals surface area (Å²) < 4.78 is 60.8. The van der Waals surface area contributed by atoms with Gasteiger partial charge >= 0.3 is 18.0 Å². The van der Waals surface area contributed by atoms with Gasteiger partial charge in [-0.1, -0.05) is 0 Å². The summed E-state index contributed by atoms with van der Waals surface area (Å²) in [6.45, 7) is 1.38. The van der Waals surface area contributed by atoms with Crippen LogP contribution in [0.2, 0.25) is 0 Å². The average Bonchev–Trinajstić information content (AvgIpc) is 2.19. The molecule has 0 bridgehead atoms. The molecular formula is C8H12F5N3O. The van der Waals surface area contributed by atoms with E-state index in [-0.39, 0.29) is 13.1 Å². The second-order valence-corrected chi connectivity index (χ2v) is 3.80. The number of likely N-dealkylation sites (N-methyl/N-ethyl adjacent to an activating group) is 1. The van der Waals surface area contributed by atoms with E-state index >= 15 is 0 Å². The van der Waals surface area contributed by atoms with Crippen molar-refractivity contribution < 1.29 is 26.7 Å². The summed E-state index contributed by atoms with van der Waals surface area (Å²) in [6, 6.07) is 0. The summed E-state index contributed by atoms with van der Waals surface area (Å²) in [7, 11) is 1.78. The van der Waals surface area contributed by atoms with E-state index in [9.17, 15) is 26.7 Å². The van der Waals surface area contributed by atoms with Gasteiger partial charge in [-0.3, -0.25) is 10.2 Å². The van der Waals surface area contributed by atoms with Gasteiger partial charge in [0.15, 0.2) is 0 Å². The van der Waals surface area contributed by atoms with Crippen molar-refractivity contribution >= 4 is 5.91 Å². The number of hydrazine groups is 1. The molecule has 0 radical (unpaired) electrons. The molecule has 0 aromatic rings. The van der Waals surface area contributed by atoms with Crippen LogP contribution >= 0.6 is 0 Å². The van der Waals surface area contributed by atoms with Crippen molar-refractivity contribution in [1.82, 2.24) is 15.3 Å². The zero-order chi connectivity index (χ0) is 13.3. The molecule has 1 N–H and O–H groups in total.